The Morgan fingerprint density at radius 1 is 0.938 bits per heavy atom. The summed E-state index contributed by atoms with van der Waals surface area (Å²) in [4.78, 5) is 26.2. The lowest BCUT2D eigenvalue weighted by Crippen LogP contribution is -2.37. The number of para-hydroxylation sites is 1. The minimum Gasteiger partial charge on any atom is -0.478 e. The summed E-state index contributed by atoms with van der Waals surface area (Å²) in [5.74, 6) is -0.466. The third-order valence-corrected chi connectivity index (χ3v) is 5.73. The van der Waals surface area contributed by atoms with Crippen LogP contribution in [-0.2, 0) is 6.54 Å². The third kappa shape index (κ3) is 5.14. The Morgan fingerprint density at radius 2 is 1.59 bits per heavy atom. The van der Waals surface area contributed by atoms with Gasteiger partial charge >= 0.3 is 5.97 Å². The highest BCUT2D eigenvalue weighted by atomic mass is 19.1. The van der Waals surface area contributed by atoms with Gasteiger partial charge in [0.1, 0.15) is 5.75 Å². The molecule has 0 atom stereocenters. The van der Waals surface area contributed by atoms with Gasteiger partial charge in [0, 0.05) is 18.7 Å². The number of ether oxygens (including phenoxy) is 1. The molecule has 0 heterocycles. The highest BCUT2D eigenvalue weighted by Crippen LogP contribution is 2.29. The van der Waals surface area contributed by atoms with Crippen molar-refractivity contribution in [1.82, 2.24) is 4.90 Å². The fourth-order valence-corrected chi connectivity index (χ4v) is 3.68. The topological polar surface area (TPSA) is 66.8 Å². The SMILES string of the molecule is O=C(O)c1ccc(CN(CC2CCC2)C(=O)c2ccc(Oc3ccccc3F)cc2)cc1. The minimum absolute atomic E-state index is 0.100. The number of aromatic carboxylic acids is 1. The molecule has 6 heteroatoms. The molecule has 0 aromatic heterocycles. The van der Waals surface area contributed by atoms with Crippen LogP contribution in [0.25, 0.3) is 0 Å². The largest absolute Gasteiger partial charge is 0.478 e. The smallest absolute Gasteiger partial charge is 0.335 e. The van der Waals surface area contributed by atoms with Crippen LogP contribution in [-0.4, -0.2) is 28.4 Å². The fourth-order valence-electron chi connectivity index (χ4n) is 3.68. The first-order valence-corrected chi connectivity index (χ1v) is 10.6. The number of amides is 1. The van der Waals surface area contributed by atoms with E-state index in [-0.39, 0.29) is 17.2 Å². The normalized spacial score (nSPS) is 13.3. The molecule has 164 valence electrons. The van der Waals surface area contributed by atoms with Crippen LogP contribution >= 0.6 is 0 Å². The quantitative estimate of drug-likeness (QED) is 0.491. The van der Waals surface area contributed by atoms with Crippen molar-refractivity contribution >= 4 is 11.9 Å². The molecule has 1 N–H and O–H groups in total. The van der Waals surface area contributed by atoms with E-state index >= 15 is 0 Å². The zero-order valence-corrected chi connectivity index (χ0v) is 17.5. The van der Waals surface area contributed by atoms with Crippen LogP contribution in [0.5, 0.6) is 11.5 Å². The van der Waals surface area contributed by atoms with E-state index in [9.17, 15) is 14.0 Å². The Bertz CT molecular complexity index is 1090. The average Bonchev–Trinajstić information content (AvgIpc) is 2.77. The molecule has 1 amide bonds. The zero-order valence-electron chi connectivity index (χ0n) is 17.5. The number of rotatable bonds is 8. The molecule has 0 saturated heterocycles. The van der Waals surface area contributed by atoms with Crippen molar-refractivity contribution < 1.29 is 23.8 Å². The van der Waals surface area contributed by atoms with Crippen molar-refractivity contribution in [1.29, 1.82) is 0 Å². The lowest BCUT2D eigenvalue weighted by molar-refractivity contribution is 0.0674. The predicted molar refractivity (Wildman–Crippen MR) is 118 cm³/mol. The van der Waals surface area contributed by atoms with Crippen molar-refractivity contribution in [3.8, 4) is 11.5 Å². The van der Waals surface area contributed by atoms with Gasteiger partial charge < -0.3 is 14.7 Å². The first-order chi connectivity index (χ1) is 15.5. The summed E-state index contributed by atoms with van der Waals surface area (Å²) in [5, 5.41) is 9.09. The molecule has 0 aliphatic heterocycles. The highest BCUT2D eigenvalue weighted by Gasteiger charge is 2.24. The van der Waals surface area contributed by atoms with Crippen LogP contribution in [0.4, 0.5) is 4.39 Å². The summed E-state index contributed by atoms with van der Waals surface area (Å²) >= 11 is 0. The maximum atomic E-state index is 13.8. The molecule has 3 aromatic rings. The second-order valence-electron chi connectivity index (χ2n) is 8.04. The Kier molecular flexibility index (Phi) is 6.50. The summed E-state index contributed by atoms with van der Waals surface area (Å²) < 4.78 is 19.4. The standard InChI is InChI=1S/C26H24FNO4/c27-23-6-1-2-7-24(23)32-22-14-12-20(13-15-22)25(29)28(16-18-4-3-5-18)17-19-8-10-21(11-9-19)26(30)31/h1-2,6-15,18H,3-5,16-17H2,(H,30,31). The van der Waals surface area contributed by atoms with Gasteiger partial charge in [0.05, 0.1) is 5.56 Å². The fraction of sp³-hybridized carbons (Fsp3) is 0.231. The van der Waals surface area contributed by atoms with E-state index in [0.29, 0.717) is 30.3 Å². The third-order valence-electron chi connectivity index (χ3n) is 5.73. The van der Waals surface area contributed by atoms with Gasteiger partial charge in [-0.1, -0.05) is 30.7 Å². The van der Waals surface area contributed by atoms with E-state index in [1.165, 1.54) is 12.5 Å². The van der Waals surface area contributed by atoms with Gasteiger partial charge in [-0.15, -0.1) is 0 Å². The number of nitrogens with zero attached hydrogens (tertiary/aromatic N) is 1. The Morgan fingerprint density at radius 3 is 2.19 bits per heavy atom. The molecule has 5 nitrogen and oxygen atoms in total. The van der Waals surface area contributed by atoms with E-state index < -0.39 is 11.8 Å². The number of hydrogen-bond acceptors (Lipinski definition) is 3. The van der Waals surface area contributed by atoms with Crippen molar-refractivity contribution in [2.24, 2.45) is 5.92 Å². The van der Waals surface area contributed by atoms with Crippen molar-refractivity contribution in [2.75, 3.05) is 6.54 Å². The molecule has 0 unspecified atom stereocenters. The monoisotopic (exact) mass is 433 g/mol. The van der Waals surface area contributed by atoms with Crippen LogP contribution < -0.4 is 4.74 Å². The number of carboxylic acids is 1. The summed E-state index contributed by atoms with van der Waals surface area (Å²) in [5.41, 5.74) is 1.62. The zero-order chi connectivity index (χ0) is 22.5. The van der Waals surface area contributed by atoms with Crippen molar-refractivity contribution in [3.63, 3.8) is 0 Å². The van der Waals surface area contributed by atoms with Gasteiger partial charge in [-0.25, -0.2) is 9.18 Å². The van der Waals surface area contributed by atoms with Gasteiger partial charge in [0.2, 0.25) is 0 Å². The van der Waals surface area contributed by atoms with Crippen LogP contribution in [0.15, 0.2) is 72.8 Å². The number of carbonyl (C=O) groups is 2. The van der Waals surface area contributed by atoms with Crippen LogP contribution in [0.3, 0.4) is 0 Å². The van der Waals surface area contributed by atoms with E-state index in [1.54, 1.807) is 66.7 Å². The minimum atomic E-state index is -0.975. The second-order valence-corrected chi connectivity index (χ2v) is 8.04. The molecule has 4 rings (SSSR count). The molecule has 0 spiro atoms. The second kappa shape index (κ2) is 9.64. The first-order valence-electron chi connectivity index (χ1n) is 10.6. The molecule has 1 saturated carbocycles. The maximum absolute atomic E-state index is 13.8. The number of carbonyl (C=O) groups excluding carboxylic acids is 1. The lowest BCUT2D eigenvalue weighted by Gasteiger charge is -2.32. The van der Waals surface area contributed by atoms with Gasteiger partial charge in [-0.2, -0.15) is 0 Å². The van der Waals surface area contributed by atoms with Gasteiger partial charge in [0.25, 0.3) is 5.91 Å². The number of halogens is 1. The van der Waals surface area contributed by atoms with Gasteiger partial charge in [-0.3, -0.25) is 4.79 Å². The van der Waals surface area contributed by atoms with E-state index in [4.69, 9.17) is 9.84 Å². The van der Waals surface area contributed by atoms with Crippen LogP contribution in [0.2, 0.25) is 0 Å². The van der Waals surface area contributed by atoms with Gasteiger partial charge in [0.15, 0.2) is 11.6 Å². The molecule has 0 radical (unpaired) electrons. The number of carboxylic acid groups (broad SMARTS) is 1. The number of benzene rings is 3. The highest BCUT2D eigenvalue weighted by molar-refractivity contribution is 5.94. The molecule has 3 aromatic carbocycles. The summed E-state index contributed by atoms with van der Waals surface area (Å²) in [7, 11) is 0. The van der Waals surface area contributed by atoms with E-state index in [2.05, 4.69) is 0 Å². The summed E-state index contributed by atoms with van der Waals surface area (Å²) in [6.07, 6.45) is 3.40. The Labute approximate surface area is 186 Å². The van der Waals surface area contributed by atoms with Gasteiger partial charge in [-0.05, 0) is 72.9 Å². The lowest BCUT2D eigenvalue weighted by atomic mass is 9.85. The van der Waals surface area contributed by atoms with Crippen LogP contribution in [0, 0.1) is 11.7 Å². The van der Waals surface area contributed by atoms with Crippen molar-refractivity contribution in [3.05, 3.63) is 95.3 Å². The van der Waals surface area contributed by atoms with E-state index in [1.807, 2.05) is 4.90 Å². The van der Waals surface area contributed by atoms with Crippen LogP contribution in [0.1, 0.15) is 45.5 Å². The molecule has 0 bridgehead atoms. The summed E-state index contributed by atoms with van der Waals surface area (Å²) in [6, 6.07) is 19.4. The predicted octanol–water partition coefficient (Wildman–Crippen LogP) is 5.76. The number of hydrogen-bond donors (Lipinski definition) is 1. The molecule has 32 heavy (non-hydrogen) atoms. The molecule has 1 aliphatic rings. The van der Waals surface area contributed by atoms with E-state index in [0.717, 1.165) is 18.4 Å². The average molecular weight is 433 g/mol. The molecular formula is C26H24FNO4. The molecule has 1 fully saturated rings. The summed E-state index contributed by atoms with van der Waals surface area (Å²) in [6.45, 7) is 1.07. The Hall–Kier alpha value is -3.67. The first kappa shape index (κ1) is 21.6. The van der Waals surface area contributed by atoms with Crippen molar-refractivity contribution in [2.45, 2.75) is 25.8 Å². The molecule has 1 aliphatic carbocycles. The molecular weight excluding hydrogens is 409 g/mol. The Balaban J connectivity index is 1.48. The maximum Gasteiger partial charge on any atom is 0.335 e.